The van der Waals surface area contributed by atoms with Crippen LogP contribution >= 0.6 is 42.6 Å². The average molecular weight is 470 g/mol. The van der Waals surface area contributed by atoms with Gasteiger partial charge in [-0.05, 0) is 5.56 Å². The monoisotopic (exact) mass is 468 g/mol. The lowest BCUT2D eigenvalue weighted by atomic mass is 10.1. The number of phosphoric acid groups is 1. The third kappa shape index (κ3) is 9.12. The van der Waals surface area contributed by atoms with Crippen LogP contribution in [-0.4, -0.2) is 29.4 Å². The fraction of sp³-hybridized carbons (Fsp3) is 0.500. The summed E-state index contributed by atoms with van der Waals surface area (Å²) in [6, 6.07) is 6.92. The van der Waals surface area contributed by atoms with Gasteiger partial charge in [0.25, 0.3) is 0 Å². The predicted octanol–water partition coefficient (Wildman–Crippen LogP) is 6.38. The first-order valence-electron chi connectivity index (χ1n) is 6.44. The number of rotatable bonds is 7. The molecule has 0 saturated carbocycles. The van der Waals surface area contributed by atoms with Crippen molar-refractivity contribution >= 4 is 42.6 Å². The smallest absolute Gasteiger partial charge is 0.277 e. The molecule has 1 unspecified atom stereocenters. The van der Waals surface area contributed by atoms with Crippen molar-refractivity contribution in [2.24, 2.45) is 0 Å². The molecule has 0 amide bonds. The summed E-state index contributed by atoms with van der Waals surface area (Å²) < 4.78 is 96.2. The molecule has 0 N–H and O–H groups in total. The summed E-state index contributed by atoms with van der Waals surface area (Å²) >= 11 is 16.9. The zero-order chi connectivity index (χ0) is 20.2. The summed E-state index contributed by atoms with van der Waals surface area (Å²) in [5.74, 6) is 0. The van der Waals surface area contributed by atoms with Crippen LogP contribution in [-0.2, 0) is 18.1 Å². The van der Waals surface area contributed by atoms with E-state index < -0.39 is 43.3 Å². The molecule has 0 saturated heterocycles. The Hall–Kier alpha value is -0.220. The molecule has 1 atom stereocenters. The van der Waals surface area contributed by atoms with E-state index in [1.807, 2.05) is 0 Å². The van der Waals surface area contributed by atoms with Crippen LogP contribution in [0.15, 0.2) is 30.3 Å². The highest BCUT2D eigenvalue weighted by atomic mass is 35.6. The molecule has 4 nitrogen and oxygen atoms in total. The Morgan fingerprint density at radius 2 is 1.31 bits per heavy atom. The van der Waals surface area contributed by atoms with Gasteiger partial charge in [0.1, 0.15) is 6.10 Å². The van der Waals surface area contributed by atoms with Gasteiger partial charge in [-0.25, -0.2) is 4.57 Å². The maximum absolute atomic E-state index is 12.3. The number of halogens is 9. The van der Waals surface area contributed by atoms with Gasteiger partial charge in [-0.1, -0.05) is 65.1 Å². The normalized spacial score (nSPS) is 15.1. The third-order valence-corrected chi connectivity index (χ3v) is 4.36. The van der Waals surface area contributed by atoms with Crippen LogP contribution in [0.25, 0.3) is 0 Å². The molecule has 1 rings (SSSR count). The van der Waals surface area contributed by atoms with E-state index in [1.165, 1.54) is 30.3 Å². The van der Waals surface area contributed by atoms with Gasteiger partial charge in [-0.3, -0.25) is 13.6 Å². The minimum absolute atomic E-state index is 0.000979. The van der Waals surface area contributed by atoms with Gasteiger partial charge in [0.05, 0.1) is 0 Å². The second kappa shape index (κ2) is 8.86. The molecule has 0 heterocycles. The quantitative estimate of drug-likeness (QED) is 0.264. The Morgan fingerprint density at radius 3 is 1.65 bits per heavy atom. The highest BCUT2D eigenvalue weighted by Crippen LogP contribution is 2.58. The maximum Gasteiger partial charge on any atom is 0.476 e. The maximum atomic E-state index is 12.3. The zero-order valence-electron chi connectivity index (χ0n) is 12.4. The lowest BCUT2D eigenvalue weighted by Gasteiger charge is -2.29. The summed E-state index contributed by atoms with van der Waals surface area (Å²) in [4.78, 5) is 0. The summed E-state index contributed by atoms with van der Waals surface area (Å²) in [6.45, 7) is -4.41. The molecule has 0 aliphatic carbocycles. The number of alkyl halides is 9. The first-order chi connectivity index (χ1) is 11.6. The van der Waals surface area contributed by atoms with Crippen molar-refractivity contribution in [1.29, 1.82) is 0 Å². The van der Waals surface area contributed by atoms with Crippen LogP contribution in [0.5, 0.6) is 0 Å². The van der Waals surface area contributed by atoms with Crippen LogP contribution in [0, 0.1) is 0 Å². The molecule has 0 spiro atoms. The summed E-state index contributed by atoms with van der Waals surface area (Å²) in [6.07, 6.45) is -11.9. The second-order valence-corrected chi connectivity index (χ2v) is 8.65. The largest absolute Gasteiger partial charge is 0.476 e. The molecule has 0 aliphatic heterocycles. The first-order valence-corrected chi connectivity index (χ1v) is 9.03. The van der Waals surface area contributed by atoms with Crippen LogP contribution in [0.3, 0.4) is 0 Å². The van der Waals surface area contributed by atoms with E-state index in [0.717, 1.165) is 0 Å². The van der Waals surface area contributed by atoms with Gasteiger partial charge in [-0.2, -0.15) is 26.3 Å². The summed E-state index contributed by atoms with van der Waals surface area (Å²) in [5, 5.41) is 0. The highest BCUT2D eigenvalue weighted by molar-refractivity contribution is 7.48. The highest BCUT2D eigenvalue weighted by Gasteiger charge is 2.46. The van der Waals surface area contributed by atoms with Gasteiger partial charge in [0.15, 0.2) is 13.2 Å². The van der Waals surface area contributed by atoms with E-state index in [-0.39, 0.29) is 5.56 Å². The molecular weight excluding hydrogens is 459 g/mol. The molecule has 0 aliphatic rings. The molecule has 0 aromatic heterocycles. The van der Waals surface area contributed by atoms with Crippen molar-refractivity contribution in [3.8, 4) is 0 Å². The number of benzene rings is 1. The number of hydrogen-bond donors (Lipinski definition) is 0. The van der Waals surface area contributed by atoms with Gasteiger partial charge in [0.2, 0.25) is 3.79 Å². The van der Waals surface area contributed by atoms with Crippen molar-refractivity contribution in [1.82, 2.24) is 0 Å². The van der Waals surface area contributed by atoms with Crippen LogP contribution in [0.1, 0.15) is 11.7 Å². The van der Waals surface area contributed by atoms with Crippen LogP contribution in [0.4, 0.5) is 26.3 Å². The minimum Gasteiger partial charge on any atom is -0.277 e. The van der Waals surface area contributed by atoms with Gasteiger partial charge < -0.3 is 0 Å². The molecular formula is C12H10Cl3F6O4P. The second-order valence-electron chi connectivity index (χ2n) is 4.66. The van der Waals surface area contributed by atoms with Gasteiger partial charge in [0, 0.05) is 0 Å². The number of hydrogen-bond acceptors (Lipinski definition) is 4. The van der Waals surface area contributed by atoms with Crippen LogP contribution in [0.2, 0.25) is 0 Å². The van der Waals surface area contributed by atoms with E-state index >= 15 is 0 Å². The van der Waals surface area contributed by atoms with Crippen molar-refractivity contribution in [2.75, 3.05) is 13.2 Å². The number of phosphoric ester groups is 1. The van der Waals surface area contributed by atoms with Crippen molar-refractivity contribution < 1.29 is 44.5 Å². The third-order valence-electron chi connectivity index (χ3n) is 2.41. The first kappa shape index (κ1) is 23.8. The standard InChI is InChI=1S/C12H10Cl3F6O4P/c13-12(14,15)9(8-4-2-1-3-5-8)25-26(22,23-6-10(16,17)18)24-7-11(19,20)21/h1-5,9H,6-7H2. The molecule has 0 fully saturated rings. The molecule has 14 heteroatoms. The topological polar surface area (TPSA) is 44.8 Å². The Kier molecular flexibility index (Phi) is 8.11. The molecule has 0 radical (unpaired) electrons. The average Bonchev–Trinajstić information content (AvgIpc) is 2.48. The minimum atomic E-state index is -5.42. The zero-order valence-corrected chi connectivity index (χ0v) is 15.5. The SMILES string of the molecule is O=P(OCC(F)(F)F)(OCC(F)(F)F)OC(c1ccccc1)C(Cl)(Cl)Cl. The van der Waals surface area contributed by atoms with Crippen molar-refractivity contribution in [3.63, 3.8) is 0 Å². The predicted molar refractivity (Wildman–Crippen MR) is 82.2 cm³/mol. The molecule has 26 heavy (non-hydrogen) atoms. The van der Waals surface area contributed by atoms with E-state index in [9.17, 15) is 30.9 Å². The van der Waals surface area contributed by atoms with E-state index in [0.29, 0.717) is 0 Å². The van der Waals surface area contributed by atoms with E-state index in [1.54, 1.807) is 0 Å². The molecule has 150 valence electrons. The van der Waals surface area contributed by atoms with E-state index in [2.05, 4.69) is 9.05 Å². The van der Waals surface area contributed by atoms with E-state index in [4.69, 9.17) is 39.3 Å². The molecule has 1 aromatic carbocycles. The summed E-state index contributed by atoms with van der Waals surface area (Å²) in [7, 11) is -5.42. The summed E-state index contributed by atoms with van der Waals surface area (Å²) in [5.41, 5.74) is -0.000979. The van der Waals surface area contributed by atoms with Crippen LogP contribution < -0.4 is 0 Å². The Labute approximate surface area is 158 Å². The molecule has 0 bridgehead atoms. The van der Waals surface area contributed by atoms with Crippen molar-refractivity contribution in [3.05, 3.63) is 35.9 Å². The Morgan fingerprint density at radius 1 is 0.885 bits per heavy atom. The molecule has 1 aromatic rings. The fourth-order valence-electron chi connectivity index (χ4n) is 1.47. The Bertz CT molecular complexity index is 598. The Balaban J connectivity index is 3.12. The van der Waals surface area contributed by atoms with Gasteiger partial charge >= 0.3 is 20.2 Å². The van der Waals surface area contributed by atoms with Crippen molar-refractivity contribution in [2.45, 2.75) is 22.2 Å². The lowest BCUT2D eigenvalue weighted by molar-refractivity contribution is -0.171. The lowest BCUT2D eigenvalue weighted by Crippen LogP contribution is -2.24. The fourth-order valence-corrected chi connectivity index (χ4v) is 3.51. The van der Waals surface area contributed by atoms with Gasteiger partial charge in [-0.15, -0.1) is 0 Å².